The minimum absolute atomic E-state index is 0.000927. The molecule has 1 N–H and O–H groups in total. The summed E-state index contributed by atoms with van der Waals surface area (Å²) < 4.78 is 1.77. The van der Waals surface area contributed by atoms with Crippen molar-refractivity contribution >= 4 is 40.4 Å². The number of rotatable bonds is 5. The van der Waals surface area contributed by atoms with E-state index in [2.05, 4.69) is 15.4 Å². The maximum Gasteiger partial charge on any atom is 0.224 e. The van der Waals surface area contributed by atoms with E-state index in [0.717, 1.165) is 28.1 Å². The minimum atomic E-state index is -0.000927. The number of nitrogens with zero attached hydrogens (tertiary/aromatic N) is 3. The summed E-state index contributed by atoms with van der Waals surface area (Å²) in [5.74, 6) is 0.299. The van der Waals surface area contributed by atoms with E-state index < -0.39 is 0 Å². The van der Waals surface area contributed by atoms with E-state index in [1.54, 1.807) is 23.0 Å². The van der Waals surface area contributed by atoms with Crippen molar-refractivity contribution in [3.63, 3.8) is 0 Å². The number of carbonyl (C=O) groups excluding carboxylic acids is 1. The molecule has 7 heteroatoms. The Labute approximate surface area is 184 Å². The number of halogens is 2. The molecular formula is C23H20Cl2N4O. The number of nitrogens with one attached hydrogen (secondary N) is 1. The van der Waals surface area contributed by atoms with E-state index in [0.29, 0.717) is 28.0 Å². The average Bonchev–Trinajstić information content (AvgIpc) is 3.13. The third-order valence-corrected chi connectivity index (χ3v) is 5.50. The van der Waals surface area contributed by atoms with Gasteiger partial charge >= 0.3 is 0 Å². The highest BCUT2D eigenvalue weighted by Crippen LogP contribution is 2.36. The maximum atomic E-state index is 12.1. The molecule has 0 aliphatic heterocycles. The first kappa shape index (κ1) is 20.4. The Kier molecular flexibility index (Phi) is 5.75. The first-order valence-corrected chi connectivity index (χ1v) is 10.4. The van der Waals surface area contributed by atoms with Gasteiger partial charge in [-0.15, -0.1) is 0 Å². The molecule has 5 nitrogen and oxygen atoms in total. The molecule has 2 aromatic heterocycles. The van der Waals surface area contributed by atoms with Crippen molar-refractivity contribution in [1.82, 2.24) is 14.6 Å². The van der Waals surface area contributed by atoms with Crippen molar-refractivity contribution in [1.29, 1.82) is 0 Å². The van der Waals surface area contributed by atoms with E-state index >= 15 is 0 Å². The molecule has 0 spiro atoms. The fraction of sp³-hybridized carbons (Fsp3) is 0.174. The Bertz CT molecular complexity index is 1230. The number of anilines is 1. The number of hydrogen-bond donors (Lipinski definition) is 1. The number of carbonyl (C=O) groups is 1. The van der Waals surface area contributed by atoms with Crippen molar-refractivity contribution in [3.8, 4) is 22.4 Å². The molecule has 0 bridgehead atoms. The third kappa shape index (κ3) is 4.04. The van der Waals surface area contributed by atoms with Gasteiger partial charge in [0.25, 0.3) is 0 Å². The van der Waals surface area contributed by atoms with Crippen LogP contribution in [0.4, 0.5) is 5.69 Å². The number of hydrogen-bond acceptors (Lipinski definition) is 3. The van der Waals surface area contributed by atoms with Crippen LogP contribution < -0.4 is 5.32 Å². The SMILES string of the molecule is CC(C)CC(=O)Nc1cccc(-c2ccnc3c(-c4cccc(Cl)c4Cl)cnn23)c1. The second-order valence-corrected chi connectivity index (χ2v) is 8.24. The summed E-state index contributed by atoms with van der Waals surface area (Å²) in [6.45, 7) is 4.04. The second kappa shape index (κ2) is 8.46. The van der Waals surface area contributed by atoms with Crippen LogP contribution in [0.15, 0.2) is 60.9 Å². The van der Waals surface area contributed by atoms with Crippen LogP contribution in [0.1, 0.15) is 20.3 Å². The zero-order valence-electron chi connectivity index (χ0n) is 16.6. The highest BCUT2D eigenvalue weighted by Gasteiger charge is 2.15. The summed E-state index contributed by atoms with van der Waals surface area (Å²) in [5, 5.41) is 8.45. The van der Waals surface area contributed by atoms with Gasteiger partial charge in [-0.3, -0.25) is 4.79 Å². The number of aromatic nitrogens is 3. The third-order valence-electron chi connectivity index (χ3n) is 4.68. The molecule has 2 aromatic carbocycles. The largest absolute Gasteiger partial charge is 0.326 e. The van der Waals surface area contributed by atoms with Crippen LogP contribution in [-0.2, 0) is 4.79 Å². The van der Waals surface area contributed by atoms with E-state index in [-0.39, 0.29) is 5.91 Å². The van der Waals surface area contributed by atoms with Gasteiger partial charge < -0.3 is 5.32 Å². The molecule has 1 amide bonds. The zero-order chi connectivity index (χ0) is 21.3. The smallest absolute Gasteiger partial charge is 0.224 e. The Hall–Kier alpha value is -2.89. The summed E-state index contributed by atoms with van der Waals surface area (Å²) in [5.41, 5.74) is 4.75. The lowest BCUT2D eigenvalue weighted by Gasteiger charge is -2.10. The Balaban J connectivity index is 1.75. The summed E-state index contributed by atoms with van der Waals surface area (Å²) in [6.07, 6.45) is 3.95. The van der Waals surface area contributed by atoms with Crippen LogP contribution in [-0.4, -0.2) is 20.5 Å². The Morgan fingerprint density at radius 1 is 1.10 bits per heavy atom. The molecule has 0 saturated carbocycles. The first-order chi connectivity index (χ1) is 14.4. The highest BCUT2D eigenvalue weighted by molar-refractivity contribution is 6.43. The molecule has 4 aromatic rings. The van der Waals surface area contributed by atoms with E-state index in [9.17, 15) is 4.79 Å². The fourth-order valence-corrected chi connectivity index (χ4v) is 3.75. The van der Waals surface area contributed by atoms with Gasteiger partial charge in [0.2, 0.25) is 5.91 Å². The standard InChI is InChI=1S/C23H20Cl2N4O/c1-14(2)11-21(30)28-16-6-3-5-15(12-16)20-9-10-26-23-18(13-27-29(20)23)17-7-4-8-19(24)22(17)25/h3-10,12-14H,11H2,1-2H3,(H,28,30). The molecule has 0 saturated heterocycles. The minimum Gasteiger partial charge on any atom is -0.326 e. The lowest BCUT2D eigenvalue weighted by molar-refractivity contribution is -0.116. The Morgan fingerprint density at radius 3 is 2.70 bits per heavy atom. The van der Waals surface area contributed by atoms with Crippen LogP contribution in [0, 0.1) is 5.92 Å². The van der Waals surface area contributed by atoms with E-state index in [1.165, 1.54) is 0 Å². The molecule has 0 aliphatic rings. The van der Waals surface area contributed by atoms with Crippen LogP contribution in [0.5, 0.6) is 0 Å². The van der Waals surface area contributed by atoms with Crippen molar-refractivity contribution < 1.29 is 4.79 Å². The van der Waals surface area contributed by atoms with Gasteiger partial charge in [-0.05, 0) is 30.2 Å². The molecule has 0 atom stereocenters. The van der Waals surface area contributed by atoms with Crippen molar-refractivity contribution in [2.24, 2.45) is 5.92 Å². The summed E-state index contributed by atoms with van der Waals surface area (Å²) >= 11 is 12.6. The summed E-state index contributed by atoms with van der Waals surface area (Å²) in [6, 6.07) is 15.1. The molecule has 152 valence electrons. The summed E-state index contributed by atoms with van der Waals surface area (Å²) in [7, 11) is 0. The van der Waals surface area contributed by atoms with Crippen LogP contribution in [0.2, 0.25) is 10.0 Å². The molecule has 4 rings (SSSR count). The lowest BCUT2D eigenvalue weighted by atomic mass is 10.1. The van der Waals surface area contributed by atoms with Crippen molar-refractivity contribution in [2.45, 2.75) is 20.3 Å². The maximum absolute atomic E-state index is 12.1. The van der Waals surface area contributed by atoms with E-state index in [4.69, 9.17) is 23.2 Å². The van der Waals surface area contributed by atoms with Crippen LogP contribution in [0.3, 0.4) is 0 Å². The molecule has 0 unspecified atom stereocenters. The van der Waals surface area contributed by atoms with Gasteiger partial charge in [-0.2, -0.15) is 5.10 Å². The van der Waals surface area contributed by atoms with Gasteiger partial charge in [-0.25, -0.2) is 9.50 Å². The van der Waals surface area contributed by atoms with Crippen LogP contribution >= 0.6 is 23.2 Å². The van der Waals surface area contributed by atoms with Gasteiger partial charge in [0.05, 0.1) is 21.9 Å². The first-order valence-electron chi connectivity index (χ1n) is 9.61. The van der Waals surface area contributed by atoms with E-state index in [1.807, 2.05) is 56.3 Å². The molecule has 0 radical (unpaired) electrons. The zero-order valence-corrected chi connectivity index (χ0v) is 18.1. The van der Waals surface area contributed by atoms with Gasteiger partial charge in [0.15, 0.2) is 5.65 Å². The number of amides is 1. The molecule has 30 heavy (non-hydrogen) atoms. The quantitative estimate of drug-likeness (QED) is 0.394. The molecular weight excluding hydrogens is 419 g/mol. The monoisotopic (exact) mass is 438 g/mol. The molecule has 0 fully saturated rings. The normalized spacial score (nSPS) is 11.2. The number of benzene rings is 2. The van der Waals surface area contributed by atoms with Crippen molar-refractivity contribution in [3.05, 3.63) is 71.0 Å². The predicted octanol–water partition coefficient (Wildman–Crippen LogP) is 6.35. The van der Waals surface area contributed by atoms with Gasteiger partial charge in [0.1, 0.15) is 0 Å². The van der Waals surface area contributed by atoms with Crippen molar-refractivity contribution in [2.75, 3.05) is 5.32 Å². The highest BCUT2D eigenvalue weighted by atomic mass is 35.5. The predicted molar refractivity (Wildman–Crippen MR) is 122 cm³/mol. The fourth-order valence-electron chi connectivity index (χ4n) is 3.35. The number of fused-ring (bicyclic) bond motifs is 1. The van der Waals surface area contributed by atoms with Gasteiger partial charge in [0, 0.05) is 35.0 Å². The van der Waals surface area contributed by atoms with Gasteiger partial charge in [-0.1, -0.05) is 61.3 Å². The van der Waals surface area contributed by atoms with Crippen LogP contribution in [0.25, 0.3) is 28.0 Å². The molecule has 2 heterocycles. The second-order valence-electron chi connectivity index (χ2n) is 7.45. The summed E-state index contributed by atoms with van der Waals surface area (Å²) in [4.78, 5) is 16.6. The molecule has 0 aliphatic carbocycles. The lowest BCUT2D eigenvalue weighted by Crippen LogP contribution is -2.13. The average molecular weight is 439 g/mol. The topological polar surface area (TPSA) is 59.3 Å². The Morgan fingerprint density at radius 2 is 1.90 bits per heavy atom.